The first kappa shape index (κ1) is 16.6. The molecule has 0 spiro atoms. The fourth-order valence-electron chi connectivity index (χ4n) is 2.24. The third kappa shape index (κ3) is 2.80. The molecule has 0 saturated heterocycles. The Balaban J connectivity index is 2.00. The number of thioether (sulfide) groups is 1. The zero-order valence-electron chi connectivity index (χ0n) is 13.2. The lowest BCUT2D eigenvalue weighted by molar-refractivity contribution is -0.114. The van der Waals surface area contributed by atoms with Gasteiger partial charge in [0, 0.05) is 0 Å². The monoisotopic (exact) mass is 362 g/mol. The molecule has 3 rings (SSSR count). The van der Waals surface area contributed by atoms with Crippen LogP contribution in [0, 0.1) is 5.41 Å². The standard InChI is InChI=1S/C15H14N4O3S2/c1-21-10-5-4-8(7-11(10)22-2)6-9-12(16)19-14(17-13(9)20)24-18-15(19)23-3/h4-7,16H,1-3H3. The minimum atomic E-state index is -0.453. The Hall–Kier alpha value is -2.26. The molecule has 124 valence electrons. The minimum Gasteiger partial charge on any atom is -0.493 e. The average molecular weight is 362 g/mol. The number of carbonyl (C=O) groups excluding carboxylic acids is 1. The van der Waals surface area contributed by atoms with Crippen LogP contribution in [0.3, 0.4) is 0 Å². The van der Waals surface area contributed by atoms with Gasteiger partial charge < -0.3 is 9.47 Å². The Morgan fingerprint density at radius 2 is 2.04 bits per heavy atom. The van der Waals surface area contributed by atoms with Crippen LogP contribution in [0.15, 0.2) is 33.2 Å². The number of fused-ring (bicyclic) bond motifs is 1. The molecule has 0 fully saturated rings. The Labute approximate surface area is 147 Å². The number of amidine groups is 3. The molecule has 1 amide bonds. The quantitative estimate of drug-likeness (QED) is 0.657. The van der Waals surface area contributed by atoms with Gasteiger partial charge in [-0.1, -0.05) is 17.8 Å². The van der Waals surface area contributed by atoms with E-state index in [0.717, 1.165) is 11.9 Å². The molecule has 7 nitrogen and oxygen atoms in total. The molecule has 0 unspecified atom stereocenters. The molecular weight excluding hydrogens is 348 g/mol. The van der Waals surface area contributed by atoms with Crippen LogP contribution in [-0.2, 0) is 4.79 Å². The van der Waals surface area contributed by atoms with E-state index in [1.807, 2.05) is 6.26 Å². The van der Waals surface area contributed by atoms with Crippen LogP contribution >= 0.6 is 23.7 Å². The Morgan fingerprint density at radius 3 is 2.71 bits per heavy atom. The van der Waals surface area contributed by atoms with Crippen LogP contribution in [0.4, 0.5) is 0 Å². The number of nitrogens with zero attached hydrogens (tertiary/aromatic N) is 3. The second-order valence-electron chi connectivity index (χ2n) is 4.73. The second-order valence-corrected chi connectivity index (χ2v) is 6.23. The molecule has 24 heavy (non-hydrogen) atoms. The van der Waals surface area contributed by atoms with Gasteiger partial charge in [-0.05, 0) is 30.0 Å². The molecule has 0 bridgehead atoms. The SMILES string of the molecule is COc1ccc(C=C2C(=N)N3C(SC)=NSC3=NC2=O)cc1OC. The highest BCUT2D eigenvalue weighted by molar-refractivity contribution is 8.18. The summed E-state index contributed by atoms with van der Waals surface area (Å²) in [6, 6.07) is 5.28. The van der Waals surface area contributed by atoms with Gasteiger partial charge >= 0.3 is 0 Å². The van der Waals surface area contributed by atoms with Gasteiger partial charge in [-0.3, -0.25) is 10.2 Å². The van der Waals surface area contributed by atoms with E-state index in [9.17, 15) is 4.79 Å². The van der Waals surface area contributed by atoms with Crippen molar-refractivity contribution in [3.63, 3.8) is 0 Å². The Kier molecular flexibility index (Phi) is 4.63. The summed E-state index contributed by atoms with van der Waals surface area (Å²) in [5.74, 6) is 0.760. The lowest BCUT2D eigenvalue weighted by Crippen LogP contribution is -2.41. The van der Waals surface area contributed by atoms with Crippen molar-refractivity contribution in [1.82, 2.24) is 4.90 Å². The summed E-state index contributed by atoms with van der Waals surface area (Å²) in [7, 11) is 3.10. The van der Waals surface area contributed by atoms with Crippen molar-refractivity contribution in [2.75, 3.05) is 20.5 Å². The van der Waals surface area contributed by atoms with Crippen molar-refractivity contribution in [3.05, 3.63) is 29.3 Å². The van der Waals surface area contributed by atoms with Crippen molar-refractivity contribution in [3.8, 4) is 11.5 Å². The third-order valence-electron chi connectivity index (χ3n) is 3.40. The van der Waals surface area contributed by atoms with Gasteiger partial charge in [-0.2, -0.15) is 9.39 Å². The van der Waals surface area contributed by atoms with Gasteiger partial charge in [0.1, 0.15) is 5.84 Å². The summed E-state index contributed by atoms with van der Waals surface area (Å²) in [6.07, 6.45) is 3.48. The molecule has 0 aromatic heterocycles. The van der Waals surface area contributed by atoms with Gasteiger partial charge in [0.15, 0.2) is 16.7 Å². The highest BCUT2D eigenvalue weighted by Crippen LogP contribution is 2.32. The second kappa shape index (κ2) is 6.70. The van der Waals surface area contributed by atoms with Crippen LogP contribution < -0.4 is 9.47 Å². The van der Waals surface area contributed by atoms with E-state index in [1.165, 1.54) is 11.8 Å². The van der Waals surface area contributed by atoms with Gasteiger partial charge in [0.25, 0.3) is 5.91 Å². The minimum absolute atomic E-state index is 0.0675. The molecule has 9 heteroatoms. The normalized spacial score (nSPS) is 18.5. The van der Waals surface area contributed by atoms with E-state index >= 15 is 0 Å². The fraction of sp³-hybridized carbons (Fsp3) is 0.200. The number of carbonyl (C=O) groups is 1. The van der Waals surface area contributed by atoms with E-state index in [4.69, 9.17) is 14.9 Å². The van der Waals surface area contributed by atoms with Gasteiger partial charge in [-0.25, -0.2) is 4.90 Å². The largest absolute Gasteiger partial charge is 0.493 e. The van der Waals surface area contributed by atoms with Crippen molar-refractivity contribution in [2.45, 2.75) is 0 Å². The summed E-state index contributed by atoms with van der Waals surface area (Å²) < 4.78 is 14.7. The maximum absolute atomic E-state index is 12.3. The van der Waals surface area contributed by atoms with Crippen LogP contribution in [0.1, 0.15) is 5.56 Å². The van der Waals surface area contributed by atoms with Gasteiger partial charge in [0.05, 0.1) is 31.7 Å². The number of benzene rings is 1. The summed E-state index contributed by atoms with van der Waals surface area (Å²) in [4.78, 5) is 17.9. The number of hydrogen-bond donors (Lipinski definition) is 1. The summed E-state index contributed by atoms with van der Waals surface area (Å²) in [5.41, 5.74) is 0.920. The highest BCUT2D eigenvalue weighted by atomic mass is 32.2. The number of hydrogen-bond acceptors (Lipinski definition) is 7. The van der Waals surface area contributed by atoms with Crippen molar-refractivity contribution < 1.29 is 14.3 Å². The topological polar surface area (TPSA) is 87.3 Å². The Morgan fingerprint density at radius 1 is 1.29 bits per heavy atom. The van der Waals surface area contributed by atoms with Crippen molar-refractivity contribution in [2.24, 2.45) is 9.39 Å². The van der Waals surface area contributed by atoms with Crippen molar-refractivity contribution in [1.29, 1.82) is 5.41 Å². The van der Waals surface area contributed by atoms with E-state index in [2.05, 4.69) is 9.39 Å². The number of aliphatic imine (C=N–C) groups is 1. The first-order valence-electron chi connectivity index (χ1n) is 6.83. The molecule has 0 saturated carbocycles. The number of methoxy groups -OCH3 is 2. The predicted octanol–water partition coefficient (Wildman–Crippen LogP) is 2.64. The average Bonchev–Trinajstić information content (AvgIpc) is 3.01. The highest BCUT2D eigenvalue weighted by Gasteiger charge is 2.36. The number of amides is 1. The smallest absolute Gasteiger partial charge is 0.283 e. The van der Waals surface area contributed by atoms with Gasteiger partial charge in [-0.15, -0.1) is 0 Å². The number of nitrogens with one attached hydrogen (secondary N) is 1. The Bertz CT molecular complexity index is 817. The summed E-state index contributed by atoms with van der Waals surface area (Å²) in [6.45, 7) is 0. The maximum atomic E-state index is 12.3. The summed E-state index contributed by atoms with van der Waals surface area (Å²) in [5, 5.41) is 9.41. The first-order valence-corrected chi connectivity index (χ1v) is 8.83. The molecule has 1 aromatic carbocycles. The fourth-order valence-corrected chi connectivity index (χ4v) is 3.69. The molecule has 1 aromatic rings. The molecule has 0 radical (unpaired) electrons. The van der Waals surface area contributed by atoms with E-state index < -0.39 is 5.91 Å². The molecular formula is C15H14N4O3S2. The third-order valence-corrected chi connectivity index (χ3v) is 4.85. The van der Waals surface area contributed by atoms with Crippen LogP contribution in [0.2, 0.25) is 0 Å². The van der Waals surface area contributed by atoms with E-state index in [1.54, 1.807) is 43.4 Å². The van der Waals surface area contributed by atoms with E-state index in [-0.39, 0.29) is 11.4 Å². The molecule has 0 aliphatic carbocycles. The van der Waals surface area contributed by atoms with Crippen LogP contribution in [-0.4, -0.2) is 47.5 Å². The summed E-state index contributed by atoms with van der Waals surface area (Å²) >= 11 is 2.50. The van der Waals surface area contributed by atoms with E-state index in [0.29, 0.717) is 27.4 Å². The predicted molar refractivity (Wildman–Crippen MR) is 98.1 cm³/mol. The zero-order chi connectivity index (χ0) is 17.3. The number of rotatable bonds is 3. The maximum Gasteiger partial charge on any atom is 0.283 e. The molecule has 0 atom stereocenters. The number of ether oxygens (including phenoxy) is 2. The van der Waals surface area contributed by atoms with Gasteiger partial charge in [0.2, 0.25) is 5.17 Å². The van der Waals surface area contributed by atoms with Crippen LogP contribution in [0.25, 0.3) is 6.08 Å². The first-order chi connectivity index (χ1) is 11.6. The lowest BCUT2D eigenvalue weighted by Gasteiger charge is -2.23. The van der Waals surface area contributed by atoms with Crippen LogP contribution in [0.5, 0.6) is 11.5 Å². The molecule has 2 heterocycles. The van der Waals surface area contributed by atoms with Crippen molar-refractivity contribution >= 4 is 51.9 Å². The lowest BCUT2D eigenvalue weighted by atomic mass is 10.1. The molecule has 2 aliphatic heterocycles. The molecule has 1 N–H and O–H groups in total. The zero-order valence-corrected chi connectivity index (χ0v) is 14.8. The molecule has 2 aliphatic rings.